The highest BCUT2D eigenvalue weighted by atomic mass is 16.6. The van der Waals surface area contributed by atoms with Gasteiger partial charge in [-0.2, -0.15) is 0 Å². The van der Waals surface area contributed by atoms with Crippen molar-refractivity contribution in [2.75, 3.05) is 0 Å². The van der Waals surface area contributed by atoms with Crippen molar-refractivity contribution in [1.82, 2.24) is 10.6 Å². The van der Waals surface area contributed by atoms with E-state index < -0.39 is 48.4 Å². The van der Waals surface area contributed by atoms with Crippen LogP contribution in [-0.4, -0.2) is 52.2 Å². The molecule has 0 aliphatic heterocycles. The third-order valence-electron chi connectivity index (χ3n) is 3.86. The van der Waals surface area contributed by atoms with Crippen molar-refractivity contribution >= 4 is 18.2 Å². The fourth-order valence-corrected chi connectivity index (χ4v) is 2.53. The largest absolute Gasteiger partial charge is 0.481 e. The average Bonchev–Trinajstić information content (AvgIpc) is 2.62. The smallest absolute Gasteiger partial charge is 0.408 e. The van der Waals surface area contributed by atoms with Gasteiger partial charge in [0.25, 0.3) is 0 Å². The third-order valence-corrected chi connectivity index (χ3v) is 3.86. The molecule has 0 heterocycles. The molecule has 9 nitrogen and oxygen atoms in total. The number of nitrogens with one attached hydrogen (secondary N) is 2. The Kier molecular flexibility index (Phi) is 9.40. The number of carbonyl (C=O) groups is 3. The summed E-state index contributed by atoms with van der Waals surface area (Å²) in [7, 11) is 0. The van der Waals surface area contributed by atoms with Crippen LogP contribution in [0.25, 0.3) is 0 Å². The van der Waals surface area contributed by atoms with Crippen molar-refractivity contribution in [1.29, 1.82) is 0 Å². The summed E-state index contributed by atoms with van der Waals surface area (Å²) in [5.41, 5.74) is -0.0229. The molecule has 162 valence electrons. The Morgan fingerprint density at radius 2 is 1.69 bits per heavy atom. The van der Waals surface area contributed by atoms with Crippen molar-refractivity contribution in [3.05, 3.63) is 35.9 Å². The van der Waals surface area contributed by atoms with E-state index in [2.05, 4.69) is 10.6 Å². The summed E-state index contributed by atoms with van der Waals surface area (Å²) in [5, 5.41) is 24.4. The molecule has 0 saturated heterocycles. The number of amides is 2. The lowest BCUT2D eigenvalue weighted by Crippen LogP contribution is -2.58. The van der Waals surface area contributed by atoms with E-state index in [1.165, 1.54) is 0 Å². The lowest BCUT2D eigenvalue weighted by Gasteiger charge is -2.31. The van der Waals surface area contributed by atoms with Gasteiger partial charge in [0.05, 0.1) is 24.6 Å². The maximum Gasteiger partial charge on any atom is 0.408 e. The number of rotatable bonds is 9. The number of aliphatic hydroxyl groups is 1. The van der Waals surface area contributed by atoms with Crippen LogP contribution in [0.1, 0.15) is 46.1 Å². The molecule has 0 spiro atoms. The molecule has 1 aromatic rings. The van der Waals surface area contributed by atoms with E-state index >= 15 is 0 Å². The molecule has 4 N–H and O–H groups in total. The van der Waals surface area contributed by atoms with Crippen LogP contribution in [-0.2, 0) is 20.9 Å². The Morgan fingerprint density at radius 1 is 1.07 bits per heavy atom. The number of aliphatic hydroxyl groups excluding tert-OH is 1. The van der Waals surface area contributed by atoms with Crippen LogP contribution in [0.15, 0.2) is 30.3 Å². The Balaban J connectivity index is 2.86. The van der Waals surface area contributed by atoms with Gasteiger partial charge in [-0.15, -0.1) is 0 Å². The molecule has 0 aliphatic rings. The normalized spacial score (nSPS) is 14.2. The Morgan fingerprint density at radius 3 is 2.21 bits per heavy atom. The third kappa shape index (κ3) is 9.79. The van der Waals surface area contributed by atoms with Crippen molar-refractivity contribution in [2.45, 2.75) is 70.9 Å². The van der Waals surface area contributed by atoms with Gasteiger partial charge in [-0.3, -0.25) is 4.79 Å². The molecule has 0 aliphatic carbocycles. The summed E-state index contributed by atoms with van der Waals surface area (Å²) in [5.74, 6) is -1.21. The zero-order chi connectivity index (χ0) is 22.0. The summed E-state index contributed by atoms with van der Waals surface area (Å²) in [4.78, 5) is 35.6. The molecule has 0 bridgehead atoms. The predicted octanol–water partition coefficient (Wildman–Crippen LogP) is 2.42. The first-order valence-corrected chi connectivity index (χ1v) is 9.38. The number of carbonyl (C=O) groups excluding carboxylic acids is 2. The molecule has 3 atom stereocenters. The second-order valence-electron chi connectivity index (χ2n) is 7.56. The first-order chi connectivity index (χ1) is 13.5. The van der Waals surface area contributed by atoms with Crippen LogP contribution < -0.4 is 10.6 Å². The maximum absolute atomic E-state index is 12.2. The first-order valence-electron chi connectivity index (χ1n) is 9.38. The van der Waals surface area contributed by atoms with E-state index in [9.17, 15) is 24.6 Å². The molecule has 9 heteroatoms. The summed E-state index contributed by atoms with van der Waals surface area (Å²) < 4.78 is 10.3. The van der Waals surface area contributed by atoms with E-state index in [0.717, 1.165) is 5.56 Å². The van der Waals surface area contributed by atoms with Crippen LogP contribution in [0.3, 0.4) is 0 Å². The van der Waals surface area contributed by atoms with Crippen molar-refractivity contribution in [2.24, 2.45) is 0 Å². The van der Waals surface area contributed by atoms with Crippen LogP contribution >= 0.6 is 0 Å². The van der Waals surface area contributed by atoms with E-state index in [1.54, 1.807) is 52.0 Å². The van der Waals surface area contributed by atoms with Gasteiger partial charge < -0.3 is 30.3 Å². The van der Waals surface area contributed by atoms with Gasteiger partial charge in [-0.25, -0.2) is 9.59 Å². The highest BCUT2D eigenvalue weighted by molar-refractivity contribution is 5.73. The number of hydrogen-bond donors (Lipinski definition) is 4. The summed E-state index contributed by atoms with van der Waals surface area (Å²) in [6, 6.07) is 6.76. The number of carboxylic acids is 1. The minimum Gasteiger partial charge on any atom is -0.481 e. The quantitative estimate of drug-likeness (QED) is 0.491. The summed E-state index contributed by atoms with van der Waals surface area (Å²) >= 11 is 0. The lowest BCUT2D eigenvalue weighted by atomic mass is 9.97. The molecule has 0 saturated carbocycles. The average molecular weight is 410 g/mol. The van der Waals surface area contributed by atoms with Crippen molar-refractivity contribution in [3.63, 3.8) is 0 Å². The van der Waals surface area contributed by atoms with Gasteiger partial charge in [0.15, 0.2) is 0 Å². The predicted molar refractivity (Wildman–Crippen MR) is 105 cm³/mol. The number of aliphatic carboxylic acids is 1. The zero-order valence-electron chi connectivity index (χ0n) is 17.2. The van der Waals surface area contributed by atoms with Gasteiger partial charge in [0, 0.05) is 0 Å². The molecule has 0 fully saturated rings. The molecule has 0 aromatic heterocycles. The maximum atomic E-state index is 12.2. The van der Waals surface area contributed by atoms with Crippen LogP contribution in [0.5, 0.6) is 0 Å². The van der Waals surface area contributed by atoms with E-state index in [1.807, 2.05) is 6.07 Å². The molecule has 1 rings (SSSR count). The Hall–Kier alpha value is -2.81. The van der Waals surface area contributed by atoms with E-state index in [-0.39, 0.29) is 13.0 Å². The van der Waals surface area contributed by atoms with E-state index in [0.29, 0.717) is 0 Å². The molecule has 0 radical (unpaired) electrons. The van der Waals surface area contributed by atoms with Gasteiger partial charge in [-0.05, 0) is 32.8 Å². The summed E-state index contributed by atoms with van der Waals surface area (Å²) in [6.07, 6.45) is -3.11. The van der Waals surface area contributed by atoms with Crippen molar-refractivity contribution < 1.29 is 34.1 Å². The molecular weight excluding hydrogens is 380 g/mol. The van der Waals surface area contributed by atoms with Crippen LogP contribution in [0.4, 0.5) is 9.59 Å². The zero-order valence-corrected chi connectivity index (χ0v) is 17.2. The SMILES string of the molecule is CCC(O)[C@@H](NC(=O)OC(C)(C)C)[C@H](CC(=O)O)NC(=O)OCc1ccccc1. The number of carboxylic acid groups (broad SMARTS) is 1. The molecular formula is C20H30N2O7. The number of benzene rings is 1. The fourth-order valence-electron chi connectivity index (χ4n) is 2.53. The number of alkyl carbamates (subject to hydrolysis) is 2. The van der Waals surface area contributed by atoms with Crippen LogP contribution in [0, 0.1) is 0 Å². The second-order valence-corrected chi connectivity index (χ2v) is 7.56. The molecule has 1 aromatic carbocycles. The minimum atomic E-state index is -1.21. The van der Waals surface area contributed by atoms with E-state index in [4.69, 9.17) is 9.47 Å². The number of hydrogen-bond acceptors (Lipinski definition) is 6. The lowest BCUT2D eigenvalue weighted by molar-refractivity contribution is -0.137. The highest BCUT2D eigenvalue weighted by Crippen LogP contribution is 2.12. The number of ether oxygens (including phenoxy) is 2. The fraction of sp³-hybridized carbons (Fsp3) is 0.550. The highest BCUT2D eigenvalue weighted by Gasteiger charge is 2.33. The monoisotopic (exact) mass is 410 g/mol. The van der Waals surface area contributed by atoms with Gasteiger partial charge >= 0.3 is 18.2 Å². The van der Waals surface area contributed by atoms with Crippen LogP contribution in [0.2, 0.25) is 0 Å². The van der Waals surface area contributed by atoms with Gasteiger partial charge in [0.1, 0.15) is 12.2 Å². The second kappa shape index (κ2) is 11.3. The molecule has 29 heavy (non-hydrogen) atoms. The van der Waals surface area contributed by atoms with Gasteiger partial charge in [-0.1, -0.05) is 37.3 Å². The van der Waals surface area contributed by atoms with Gasteiger partial charge in [0.2, 0.25) is 0 Å². The van der Waals surface area contributed by atoms with Crippen molar-refractivity contribution in [3.8, 4) is 0 Å². The Labute approximate surface area is 170 Å². The molecule has 1 unspecified atom stereocenters. The molecule has 2 amide bonds. The first kappa shape index (κ1) is 24.2. The topological polar surface area (TPSA) is 134 Å². The summed E-state index contributed by atoms with van der Waals surface area (Å²) in [6.45, 7) is 6.68. The standard InChI is InChI=1S/C20H30N2O7/c1-5-15(23)17(22-19(27)29-20(2,3)4)14(11-16(24)25)21-18(26)28-12-13-9-7-6-8-10-13/h6-10,14-15,17,23H,5,11-12H2,1-4H3,(H,21,26)(H,22,27)(H,24,25)/t14-,15?,17-/m0/s1. The minimum absolute atomic E-state index is 0.00699. The Bertz CT molecular complexity index is 673.